The van der Waals surface area contributed by atoms with E-state index >= 15 is 0 Å². The molecule has 1 heterocycles. The summed E-state index contributed by atoms with van der Waals surface area (Å²) in [5.74, 6) is -1.08. The first-order valence-corrected chi connectivity index (χ1v) is 9.99. The van der Waals surface area contributed by atoms with E-state index in [1.807, 2.05) is 24.3 Å². The summed E-state index contributed by atoms with van der Waals surface area (Å²) in [5.41, 5.74) is 1.36. The molecule has 0 atom stereocenters. The summed E-state index contributed by atoms with van der Waals surface area (Å²) in [5, 5.41) is 14.2. The molecule has 0 spiro atoms. The van der Waals surface area contributed by atoms with Crippen molar-refractivity contribution in [1.29, 1.82) is 0 Å². The van der Waals surface area contributed by atoms with Crippen molar-refractivity contribution < 1.29 is 23.1 Å². The average molecular weight is 416 g/mol. The van der Waals surface area contributed by atoms with Crippen LogP contribution < -0.4 is 5.32 Å². The third kappa shape index (κ3) is 3.81. The highest BCUT2D eigenvalue weighted by Gasteiger charge is 2.32. The lowest BCUT2D eigenvalue weighted by Crippen LogP contribution is -2.34. The lowest BCUT2D eigenvalue weighted by molar-refractivity contribution is -0.138. The smallest absolute Gasteiger partial charge is 0.416 e. The molecule has 4 rings (SSSR count). The molecule has 7 heteroatoms. The van der Waals surface area contributed by atoms with Crippen LogP contribution in [0.5, 0.6) is 0 Å². The number of alkyl halides is 3. The van der Waals surface area contributed by atoms with Crippen molar-refractivity contribution in [3.63, 3.8) is 0 Å². The van der Waals surface area contributed by atoms with Gasteiger partial charge in [-0.25, -0.2) is 4.79 Å². The number of para-hydroxylation sites is 1. The van der Waals surface area contributed by atoms with Gasteiger partial charge in [-0.15, -0.1) is 0 Å². The summed E-state index contributed by atoms with van der Waals surface area (Å²) in [6.45, 7) is 1.89. The molecular weight excluding hydrogens is 393 g/mol. The van der Waals surface area contributed by atoms with Gasteiger partial charge in [-0.1, -0.05) is 36.8 Å². The summed E-state index contributed by atoms with van der Waals surface area (Å²) in [4.78, 5) is 12.2. The van der Waals surface area contributed by atoms with Gasteiger partial charge in [0.2, 0.25) is 0 Å². The minimum Gasteiger partial charge on any atom is -0.477 e. The number of aryl methyl sites for hydroxylation is 1. The van der Waals surface area contributed by atoms with Crippen LogP contribution in [0.2, 0.25) is 0 Å². The lowest BCUT2D eigenvalue weighted by atomic mass is 9.93. The van der Waals surface area contributed by atoms with Crippen LogP contribution in [0.1, 0.15) is 52.0 Å². The first-order chi connectivity index (χ1) is 14.3. The largest absolute Gasteiger partial charge is 0.477 e. The third-order valence-electron chi connectivity index (χ3n) is 5.90. The Hall–Kier alpha value is -2.80. The fourth-order valence-corrected chi connectivity index (χ4v) is 4.08. The van der Waals surface area contributed by atoms with Crippen molar-refractivity contribution in [2.45, 2.75) is 51.5 Å². The number of nitrogens with one attached hydrogen (secondary N) is 1. The molecule has 158 valence electrons. The van der Waals surface area contributed by atoms with Gasteiger partial charge in [0.25, 0.3) is 0 Å². The van der Waals surface area contributed by atoms with Gasteiger partial charge in [0.05, 0.1) is 5.56 Å². The molecule has 0 unspecified atom stereocenters. The maximum Gasteiger partial charge on any atom is 0.416 e. The Morgan fingerprint density at radius 3 is 2.57 bits per heavy atom. The zero-order valence-electron chi connectivity index (χ0n) is 16.6. The minimum absolute atomic E-state index is 0.0505. The molecule has 0 bridgehead atoms. The fraction of sp³-hybridized carbons (Fsp3) is 0.348. The van der Waals surface area contributed by atoms with Crippen LogP contribution in [0.25, 0.3) is 10.9 Å². The minimum atomic E-state index is -4.45. The molecule has 1 aromatic heterocycles. The van der Waals surface area contributed by atoms with Gasteiger partial charge >= 0.3 is 12.1 Å². The number of benzene rings is 2. The summed E-state index contributed by atoms with van der Waals surface area (Å²) >= 11 is 0. The van der Waals surface area contributed by atoms with E-state index < -0.39 is 17.7 Å². The Bertz CT molecular complexity index is 1100. The summed E-state index contributed by atoms with van der Waals surface area (Å²) in [6, 6.07) is 11.9. The van der Waals surface area contributed by atoms with Crippen molar-refractivity contribution in [2.24, 2.45) is 0 Å². The van der Waals surface area contributed by atoms with Crippen molar-refractivity contribution >= 4 is 16.9 Å². The number of hydrogen-bond donors (Lipinski definition) is 2. The highest BCUT2D eigenvalue weighted by atomic mass is 19.4. The highest BCUT2D eigenvalue weighted by Crippen LogP contribution is 2.33. The van der Waals surface area contributed by atoms with Crippen molar-refractivity contribution in [3.05, 3.63) is 70.4 Å². The van der Waals surface area contributed by atoms with Gasteiger partial charge < -0.3 is 15.0 Å². The quantitative estimate of drug-likeness (QED) is 0.569. The van der Waals surface area contributed by atoms with Crippen LogP contribution in [0, 0.1) is 6.92 Å². The Balaban J connectivity index is 1.78. The fourth-order valence-electron chi connectivity index (χ4n) is 4.08. The van der Waals surface area contributed by atoms with E-state index in [1.165, 1.54) is 19.4 Å². The number of fused-ring (bicyclic) bond motifs is 1. The van der Waals surface area contributed by atoms with Gasteiger partial charge in [-0.05, 0) is 43.0 Å². The average Bonchev–Trinajstić information content (AvgIpc) is 2.95. The van der Waals surface area contributed by atoms with Gasteiger partial charge in [0.1, 0.15) is 5.69 Å². The van der Waals surface area contributed by atoms with Crippen molar-refractivity contribution in [3.8, 4) is 0 Å². The van der Waals surface area contributed by atoms with Crippen LogP contribution >= 0.6 is 0 Å². The first-order valence-electron chi connectivity index (χ1n) is 9.99. The monoisotopic (exact) mass is 416 g/mol. The predicted molar refractivity (Wildman–Crippen MR) is 109 cm³/mol. The Morgan fingerprint density at radius 2 is 1.93 bits per heavy atom. The molecule has 30 heavy (non-hydrogen) atoms. The molecule has 4 nitrogen and oxygen atoms in total. The van der Waals surface area contributed by atoms with E-state index in [0.717, 1.165) is 24.3 Å². The second kappa shape index (κ2) is 7.80. The van der Waals surface area contributed by atoms with Crippen LogP contribution in [-0.4, -0.2) is 21.7 Å². The molecule has 0 radical (unpaired) electrons. The molecule has 1 aliphatic carbocycles. The van der Waals surface area contributed by atoms with E-state index in [-0.39, 0.29) is 17.8 Å². The lowest BCUT2D eigenvalue weighted by Gasteiger charge is -2.26. The highest BCUT2D eigenvalue weighted by molar-refractivity contribution is 5.98. The number of halogens is 3. The van der Waals surface area contributed by atoms with Crippen LogP contribution in [0.15, 0.2) is 42.5 Å². The van der Waals surface area contributed by atoms with Crippen LogP contribution in [0.4, 0.5) is 13.2 Å². The second-order valence-electron chi connectivity index (χ2n) is 7.89. The predicted octanol–water partition coefficient (Wildman–Crippen LogP) is 5.36. The number of carboxylic acid groups (broad SMARTS) is 1. The number of aromatic nitrogens is 1. The molecule has 2 N–H and O–H groups in total. The van der Waals surface area contributed by atoms with E-state index in [0.29, 0.717) is 29.2 Å². The molecule has 0 saturated heterocycles. The van der Waals surface area contributed by atoms with Crippen molar-refractivity contribution in [2.75, 3.05) is 0 Å². The summed E-state index contributed by atoms with van der Waals surface area (Å²) in [7, 11) is 0. The van der Waals surface area contributed by atoms with Gasteiger partial charge in [-0.3, -0.25) is 0 Å². The Labute approximate surface area is 172 Å². The molecule has 0 amide bonds. The number of nitrogens with zero attached hydrogens (tertiary/aromatic N) is 1. The van der Waals surface area contributed by atoms with Crippen LogP contribution in [0.3, 0.4) is 0 Å². The number of hydrogen-bond acceptors (Lipinski definition) is 2. The third-order valence-corrected chi connectivity index (χ3v) is 5.90. The second-order valence-corrected chi connectivity index (χ2v) is 7.89. The molecule has 1 aliphatic rings. The Morgan fingerprint density at radius 1 is 1.20 bits per heavy atom. The maximum atomic E-state index is 13.3. The maximum absolute atomic E-state index is 13.3. The number of aromatic carboxylic acids is 1. The molecule has 3 aromatic rings. The van der Waals surface area contributed by atoms with E-state index in [9.17, 15) is 23.1 Å². The van der Waals surface area contributed by atoms with Gasteiger partial charge in [0.15, 0.2) is 0 Å². The summed E-state index contributed by atoms with van der Waals surface area (Å²) in [6.07, 6.45) is -1.14. The van der Waals surface area contributed by atoms with Gasteiger partial charge in [0, 0.05) is 35.6 Å². The van der Waals surface area contributed by atoms with E-state index in [2.05, 4.69) is 5.32 Å². The summed E-state index contributed by atoms with van der Waals surface area (Å²) < 4.78 is 41.6. The standard InChI is InChI=1S/C23H23F3N2O2/c1-14-9-10-15(11-19(14)23(24,25)26)13-28-20-8-3-2-7-17(20)18(21(28)22(29)30)12-27-16-5-4-6-16/h2-3,7-11,16,27H,4-6,12-13H2,1H3,(H,29,30). The molecule has 1 saturated carbocycles. The molecule has 0 aliphatic heterocycles. The zero-order chi connectivity index (χ0) is 21.5. The normalized spacial score (nSPS) is 14.8. The SMILES string of the molecule is Cc1ccc(Cn2c(C(=O)O)c(CNC3CCC3)c3ccccc32)cc1C(F)(F)F. The van der Waals surface area contributed by atoms with Crippen LogP contribution in [-0.2, 0) is 19.3 Å². The van der Waals surface area contributed by atoms with Crippen molar-refractivity contribution in [1.82, 2.24) is 9.88 Å². The van der Waals surface area contributed by atoms with E-state index in [1.54, 1.807) is 10.6 Å². The number of carbonyl (C=O) groups is 1. The topological polar surface area (TPSA) is 54.3 Å². The number of carboxylic acids is 1. The van der Waals surface area contributed by atoms with E-state index in [4.69, 9.17) is 0 Å². The molecule has 1 fully saturated rings. The zero-order valence-corrected chi connectivity index (χ0v) is 16.6. The first kappa shape index (κ1) is 20.5. The number of rotatable bonds is 6. The molecule has 2 aromatic carbocycles. The molecular formula is C23H23F3N2O2. The van der Waals surface area contributed by atoms with Gasteiger partial charge in [-0.2, -0.15) is 13.2 Å². The Kier molecular flexibility index (Phi) is 5.32.